The van der Waals surface area contributed by atoms with E-state index in [1.165, 1.54) is 0 Å². The lowest BCUT2D eigenvalue weighted by atomic mass is 9.99. The minimum atomic E-state index is -0.835. The Morgan fingerprint density at radius 1 is 1.76 bits per heavy atom. The van der Waals surface area contributed by atoms with Crippen molar-refractivity contribution in [2.45, 2.75) is 25.3 Å². The van der Waals surface area contributed by atoms with E-state index in [0.29, 0.717) is 26.2 Å². The number of amides is 1. The number of carbonyl (C=O) groups is 1. The van der Waals surface area contributed by atoms with Gasteiger partial charge in [-0.2, -0.15) is 0 Å². The second-order valence-corrected chi connectivity index (χ2v) is 5.38. The molecule has 1 aliphatic rings. The molecule has 1 saturated heterocycles. The van der Waals surface area contributed by atoms with Crippen molar-refractivity contribution in [1.29, 1.82) is 0 Å². The van der Waals surface area contributed by atoms with Gasteiger partial charge >= 0.3 is 0 Å². The summed E-state index contributed by atoms with van der Waals surface area (Å²) in [7, 11) is 0. The Balaban J connectivity index is 1.77. The zero-order valence-corrected chi connectivity index (χ0v) is 10.7. The minimum Gasteiger partial charge on any atom is -0.379 e. The molecule has 2 heterocycles. The third-order valence-corrected chi connectivity index (χ3v) is 3.66. The van der Waals surface area contributed by atoms with Crippen LogP contribution in [0.1, 0.15) is 17.1 Å². The number of thiazole rings is 1. The van der Waals surface area contributed by atoms with Gasteiger partial charge < -0.3 is 15.8 Å². The molecule has 0 saturated carbocycles. The lowest BCUT2D eigenvalue weighted by Crippen LogP contribution is -2.54. The number of hydrogen-bond donors (Lipinski definition) is 2. The van der Waals surface area contributed by atoms with E-state index in [4.69, 9.17) is 10.5 Å². The maximum atomic E-state index is 11.8. The van der Waals surface area contributed by atoms with Crippen LogP contribution in [-0.4, -0.2) is 36.2 Å². The molecule has 1 amide bonds. The summed E-state index contributed by atoms with van der Waals surface area (Å²) in [5, 5.41) is 5.90. The van der Waals surface area contributed by atoms with E-state index in [2.05, 4.69) is 10.3 Å². The Bertz CT molecular complexity index is 399. The average Bonchev–Trinajstić information content (AvgIpc) is 2.89. The molecule has 5 nitrogen and oxygen atoms in total. The van der Waals surface area contributed by atoms with Crippen LogP contribution in [0, 0.1) is 6.92 Å². The second kappa shape index (κ2) is 5.12. The normalized spacial score (nSPS) is 23.9. The molecule has 0 bridgehead atoms. The largest absolute Gasteiger partial charge is 0.379 e. The van der Waals surface area contributed by atoms with Gasteiger partial charge in [0.2, 0.25) is 5.91 Å². The van der Waals surface area contributed by atoms with Crippen molar-refractivity contribution in [1.82, 2.24) is 10.3 Å². The number of hydrogen-bond acceptors (Lipinski definition) is 5. The minimum absolute atomic E-state index is 0.123. The first kappa shape index (κ1) is 12.5. The average molecular weight is 255 g/mol. The first-order chi connectivity index (χ1) is 8.10. The van der Waals surface area contributed by atoms with E-state index in [1.807, 2.05) is 12.3 Å². The van der Waals surface area contributed by atoms with Crippen LogP contribution in [0.3, 0.4) is 0 Å². The topological polar surface area (TPSA) is 77.2 Å². The first-order valence-corrected chi connectivity index (χ1v) is 6.54. The number of nitrogens with one attached hydrogen (secondary N) is 1. The second-order valence-electron chi connectivity index (χ2n) is 4.32. The fraction of sp³-hybridized carbons (Fsp3) is 0.636. The molecule has 1 unspecified atom stereocenters. The lowest BCUT2D eigenvalue weighted by Gasteiger charge is -2.20. The van der Waals surface area contributed by atoms with E-state index in [9.17, 15) is 4.79 Å². The maximum absolute atomic E-state index is 11.8. The summed E-state index contributed by atoms with van der Waals surface area (Å²) in [6.45, 7) is 3.42. The van der Waals surface area contributed by atoms with Crippen molar-refractivity contribution in [3.63, 3.8) is 0 Å². The van der Waals surface area contributed by atoms with Gasteiger partial charge in [-0.25, -0.2) is 4.98 Å². The van der Waals surface area contributed by atoms with Crippen LogP contribution < -0.4 is 11.1 Å². The Morgan fingerprint density at radius 2 is 2.59 bits per heavy atom. The van der Waals surface area contributed by atoms with E-state index < -0.39 is 5.54 Å². The number of carbonyl (C=O) groups excluding carboxylic acids is 1. The van der Waals surface area contributed by atoms with Gasteiger partial charge in [0, 0.05) is 25.0 Å². The molecule has 0 aliphatic carbocycles. The van der Waals surface area contributed by atoms with Crippen molar-refractivity contribution in [2.75, 3.05) is 19.8 Å². The molecule has 94 valence electrons. The summed E-state index contributed by atoms with van der Waals surface area (Å²) in [5.41, 5.74) is 6.12. The molecule has 17 heavy (non-hydrogen) atoms. The fourth-order valence-corrected chi connectivity index (χ4v) is 2.41. The van der Waals surface area contributed by atoms with E-state index >= 15 is 0 Å². The summed E-state index contributed by atoms with van der Waals surface area (Å²) in [4.78, 5) is 16.2. The molecule has 2 rings (SSSR count). The van der Waals surface area contributed by atoms with Crippen molar-refractivity contribution < 1.29 is 9.53 Å². The Kier molecular flexibility index (Phi) is 3.76. The van der Waals surface area contributed by atoms with Crippen LogP contribution >= 0.6 is 11.3 Å². The number of ether oxygens (including phenoxy) is 1. The van der Waals surface area contributed by atoms with Crippen LogP contribution in [0.5, 0.6) is 0 Å². The molecule has 1 aromatic heterocycles. The highest BCUT2D eigenvalue weighted by Gasteiger charge is 2.37. The summed E-state index contributed by atoms with van der Waals surface area (Å²) in [6, 6.07) is 0. The number of nitrogens with two attached hydrogens (primary N) is 1. The Morgan fingerprint density at radius 3 is 3.18 bits per heavy atom. The van der Waals surface area contributed by atoms with Crippen LogP contribution in [0.25, 0.3) is 0 Å². The van der Waals surface area contributed by atoms with Crippen LogP contribution in [-0.2, 0) is 16.0 Å². The summed E-state index contributed by atoms with van der Waals surface area (Å²) < 4.78 is 5.15. The van der Waals surface area contributed by atoms with Crippen molar-refractivity contribution in [2.24, 2.45) is 5.73 Å². The molecule has 6 heteroatoms. The number of rotatable bonds is 4. The maximum Gasteiger partial charge on any atom is 0.242 e. The van der Waals surface area contributed by atoms with Gasteiger partial charge in [-0.3, -0.25) is 4.79 Å². The molecule has 3 N–H and O–H groups in total. The predicted molar refractivity (Wildman–Crippen MR) is 65.9 cm³/mol. The molecule has 1 aromatic rings. The van der Waals surface area contributed by atoms with Gasteiger partial charge in [0.25, 0.3) is 0 Å². The molecule has 0 spiro atoms. The van der Waals surface area contributed by atoms with Crippen molar-refractivity contribution in [3.05, 3.63) is 16.1 Å². The molecule has 0 radical (unpaired) electrons. The van der Waals surface area contributed by atoms with E-state index in [0.717, 1.165) is 17.1 Å². The highest BCUT2D eigenvalue weighted by atomic mass is 32.1. The summed E-state index contributed by atoms with van der Waals surface area (Å²) in [5.74, 6) is -0.123. The van der Waals surface area contributed by atoms with Crippen LogP contribution in [0.2, 0.25) is 0 Å². The van der Waals surface area contributed by atoms with Gasteiger partial charge in [0.15, 0.2) is 0 Å². The highest BCUT2D eigenvalue weighted by molar-refractivity contribution is 7.09. The number of aryl methyl sites for hydroxylation is 1. The third-order valence-electron chi connectivity index (χ3n) is 2.84. The fourth-order valence-electron chi connectivity index (χ4n) is 1.76. The standard InChI is InChI=1S/C11H17N3O2S/c1-8-14-9(6-17-8)2-4-13-10(15)11(12)3-5-16-7-11/h6H,2-5,7,12H2,1H3,(H,13,15). The predicted octanol–water partition coefficient (Wildman–Crippen LogP) is 0.228. The van der Waals surface area contributed by atoms with Gasteiger partial charge in [0.1, 0.15) is 5.54 Å². The molecular formula is C11H17N3O2S. The van der Waals surface area contributed by atoms with Gasteiger partial charge in [-0.05, 0) is 13.3 Å². The van der Waals surface area contributed by atoms with Crippen LogP contribution in [0.15, 0.2) is 5.38 Å². The number of nitrogens with zero attached hydrogens (tertiary/aromatic N) is 1. The van der Waals surface area contributed by atoms with E-state index in [-0.39, 0.29) is 5.91 Å². The zero-order valence-electron chi connectivity index (χ0n) is 9.86. The number of aromatic nitrogens is 1. The lowest BCUT2D eigenvalue weighted by molar-refractivity contribution is -0.126. The monoisotopic (exact) mass is 255 g/mol. The third kappa shape index (κ3) is 3.02. The highest BCUT2D eigenvalue weighted by Crippen LogP contribution is 2.15. The molecule has 1 fully saturated rings. The first-order valence-electron chi connectivity index (χ1n) is 5.66. The molecular weight excluding hydrogens is 238 g/mol. The SMILES string of the molecule is Cc1nc(CCNC(=O)C2(N)CCOC2)cs1. The van der Waals surface area contributed by atoms with Gasteiger partial charge in [-0.1, -0.05) is 0 Å². The Labute approximate surface area is 104 Å². The zero-order chi connectivity index (χ0) is 12.3. The Hall–Kier alpha value is -0.980. The quantitative estimate of drug-likeness (QED) is 0.807. The van der Waals surface area contributed by atoms with E-state index in [1.54, 1.807) is 11.3 Å². The molecule has 0 aromatic carbocycles. The van der Waals surface area contributed by atoms with Crippen molar-refractivity contribution in [3.8, 4) is 0 Å². The van der Waals surface area contributed by atoms with Crippen molar-refractivity contribution >= 4 is 17.2 Å². The smallest absolute Gasteiger partial charge is 0.242 e. The molecule has 1 aliphatic heterocycles. The summed E-state index contributed by atoms with van der Waals surface area (Å²) >= 11 is 1.62. The molecule has 1 atom stereocenters. The van der Waals surface area contributed by atoms with Gasteiger partial charge in [0.05, 0.1) is 17.3 Å². The summed E-state index contributed by atoms with van der Waals surface area (Å²) in [6.07, 6.45) is 1.33. The van der Waals surface area contributed by atoms with Crippen LogP contribution in [0.4, 0.5) is 0 Å². The van der Waals surface area contributed by atoms with Gasteiger partial charge in [-0.15, -0.1) is 11.3 Å².